The lowest BCUT2D eigenvalue weighted by Crippen LogP contribution is -2.28. The Morgan fingerprint density at radius 3 is 2.69 bits per heavy atom. The van der Waals surface area contributed by atoms with E-state index in [4.69, 9.17) is 0 Å². The van der Waals surface area contributed by atoms with Crippen LogP contribution in [0.3, 0.4) is 0 Å². The molecule has 138 valence electrons. The van der Waals surface area contributed by atoms with E-state index in [2.05, 4.69) is 20.9 Å². The van der Waals surface area contributed by atoms with Gasteiger partial charge in [0.25, 0.3) is 5.56 Å². The van der Waals surface area contributed by atoms with Crippen molar-refractivity contribution in [3.63, 3.8) is 0 Å². The predicted octanol–water partition coefficient (Wildman–Crippen LogP) is 0.429. The van der Waals surface area contributed by atoms with Crippen LogP contribution < -0.4 is 22.0 Å². The third-order valence-electron chi connectivity index (χ3n) is 3.01. The molecule has 1 amide bonds. The number of benzene rings is 1. The highest BCUT2D eigenvalue weighted by Gasteiger charge is 2.32. The lowest BCUT2D eigenvalue weighted by Gasteiger charge is -2.09. The average molecular weight is 370 g/mol. The number of nitrogens with one attached hydrogen (secondary N) is 4. The summed E-state index contributed by atoms with van der Waals surface area (Å²) >= 11 is 0. The summed E-state index contributed by atoms with van der Waals surface area (Å²) in [5, 5.41) is 11.5. The molecule has 0 saturated heterocycles. The van der Waals surface area contributed by atoms with Crippen molar-refractivity contribution >= 4 is 17.9 Å². The molecule has 0 radical (unpaired) electrons. The molecule has 0 fully saturated rings. The molecule has 4 N–H and O–H groups in total. The van der Waals surface area contributed by atoms with Gasteiger partial charge < -0.3 is 5.32 Å². The molecule has 26 heavy (non-hydrogen) atoms. The number of aromatic amines is 2. The maximum absolute atomic E-state index is 12.8. The van der Waals surface area contributed by atoms with Gasteiger partial charge in [-0.1, -0.05) is 18.2 Å². The van der Waals surface area contributed by atoms with E-state index in [1.165, 1.54) is 18.2 Å². The summed E-state index contributed by atoms with van der Waals surface area (Å²) in [5.74, 6) is -0.779. The van der Waals surface area contributed by atoms with Gasteiger partial charge in [0.2, 0.25) is 11.7 Å². The van der Waals surface area contributed by atoms with Crippen molar-refractivity contribution in [3.05, 3.63) is 56.2 Å². The SMILES string of the molecule is O=C(CCNc1n[nH]c(=O)[nH]c1=O)N/N=C/c1ccccc1C(F)(F)F. The zero-order chi connectivity index (χ0) is 19.2. The van der Waals surface area contributed by atoms with Gasteiger partial charge in [0.15, 0.2) is 0 Å². The Morgan fingerprint density at radius 1 is 1.27 bits per heavy atom. The van der Waals surface area contributed by atoms with Crippen LogP contribution in [0.15, 0.2) is 39.0 Å². The van der Waals surface area contributed by atoms with Gasteiger partial charge in [-0.15, -0.1) is 5.10 Å². The number of aromatic nitrogens is 3. The molecular weight excluding hydrogens is 357 g/mol. The van der Waals surface area contributed by atoms with Crippen LogP contribution in [-0.2, 0) is 11.0 Å². The number of halogens is 3. The van der Waals surface area contributed by atoms with Gasteiger partial charge >= 0.3 is 11.9 Å². The zero-order valence-electron chi connectivity index (χ0n) is 13.1. The molecule has 0 aliphatic heterocycles. The van der Waals surface area contributed by atoms with E-state index < -0.39 is 28.9 Å². The van der Waals surface area contributed by atoms with Crippen molar-refractivity contribution in [1.29, 1.82) is 0 Å². The summed E-state index contributed by atoms with van der Waals surface area (Å²) in [4.78, 5) is 35.7. The maximum Gasteiger partial charge on any atom is 0.417 e. The van der Waals surface area contributed by atoms with Gasteiger partial charge in [0.1, 0.15) is 0 Å². The van der Waals surface area contributed by atoms with Crippen molar-refractivity contribution in [3.8, 4) is 0 Å². The number of carbonyl (C=O) groups is 1. The first-order chi connectivity index (χ1) is 12.3. The lowest BCUT2D eigenvalue weighted by atomic mass is 10.1. The first-order valence-corrected chi connectivity index (χ1v) is 7.18. The lowest BCUT2D eigenvalue weighted by molar-refractivity contribution is -0.137. The Balaban J connectivity index is 1.86. The molecule has 1 heterocycles. The third kappa shape index (κ3) is 5.29. The highest BCUT2D eigenvalue weighted by atomic mass is 19.4. The van der Waals surface area contributed by atoms with Crippen LogP contribution >= 0.6 is 0 Å². The molecule has 0 aliphatic rings. The Labute approximate surface area is 143 Å². The van der Waals surface area contributed by atoms with E-state index in [9.17, 15) is 27.6 Å². The Bertz CT molecular complexity index is 919. The molecule has 1 aromatic carbocycles. The van der Waals surface area contributed by atoms with E-state index in [0.29, 0.717) is 0 Å². The standard InChI is InChI=1S/C14H13F3N6O3/c15-14(16,17)9-4-2-1-3-8(9)7-19-21-10(24)5-6-18-11-12(25)20-13(26)23-22-11/h1-4,7H,5-6H2,(H,18,22)(H,21,24)(H2,20,23,25,26)/b19-7+. The van der Waals surface area contributed by atoms with E-state index in [1.807, 2.05) is 10.1 Å². The number of rotatable bonds is 6. The van der Waals surface area contributed by atoms with Gasteiger partial charge in [0.05, 0.1) is 11.8 Å². The maximum atomic E-state index is 12.8. The Kier molecular flexibility index (Phi) is 5.88. The number of anilines is 1. The molecule has 0 saturated carbocycles. The van der Waals surface area contributed by atoms with Crippen LogP contribution in [0.1, 0.15) is 17.5 Å². The number of amides is 1. The van der Waals surface area contributed by atoms with Gasteiger partial charge in [-0.25, -0.2) is 15.3 Å². The van der Waals surface area contributed by atoms with E-state index >= 15 is 0 Å². The number of H-pyrrole nitrogens is 2. The second-order valence-corrected chi connectivity index (χ2v) is 4.91. The molecular formula is C14H13F3N6O3. The predicted molar refractivity (Wildman–Crippen MR) is 85.8 cm³/mol. The van der Waals surface area contributed by atoms with Crippen LogP contribution in [0.2, 0.25) is 0 Å². The summed E-state index contributed by atoms with van der Waals surface area (Å²) in [6.45, 7) is -0.0113. The quantitative estimate of drug-likeness (QED) is 0.432. The minimum Gasteiger partial charge on any atom is -0.364 e. The highest BCUT2D eigenvalue weighted by molar-refractivity contribution is 5.84. The molecule has 1 aromatic heterocycles. The summed E-state index contributed by atoms with van der Waals surface area (Å²) in [6.07, 6.45) is -3.78. The minimum absolute atomic E-state index is 0.0113. The number of nitrogens with zero attached hydrogens (tertiary/aromatic N) is 2. The van der Waals surface area contributed by atoms with Crippen molar-refractivity contribution in [1.82, 2.24) is 20.6 Å². The molecule has 0 aliphatic carbocycles. The fraction of sp³-hybridized carbons (Fsp3) is 0.214. The van der Waals surface area contributed by atoms with E-state index in [1.54, 1.807) is 0 Å². The Hall–Kier alpha value is -3.44. The second-order valence-electron chi connectivity index (χ2n) is 4.91. The molecule has 0 unspecified atom stereocenters. The summed E-state index contributed by atoms with van der Waals surface area (Å²) in [5.41, 5.74) is -0.511. The van der Waals surface area contributed by atoms with Crippen LogP contribution in [0.4, 0.5) is 19.0 Å². The summed E-state index contributed by atoms with van der Waals surface area (Å²) in [6, 6.07) is 4.78. The van der Waals surface area contributed by atoms with Gasteiger partial charge in [-0.05, 0) is 6.07 Å². The molecule has 0 spiro atoms. The number of hydrogen-bond donors (Lipinski definition) is 4. The number of carbonyl (C=O) groups excluding carboxylic acids is 1. The molecule has 0 atom stereocenters. The number of hydrazone groups is 1. The van der Waals surface area contributed by atoms with Crippen molar-refractivity contribution in [2.24, 2.45) is 5.10 Å². The van der Waals surface area contributed by atoms with Gasteiger partial charge in [0, 0.05) is 18.5 Å². The topological polar surface area (TPSA) is 132 Å². The monoisotopic (exact) mass is 370 g/mol. The van der Waals surface area contributed by atoms with E-state index in [-0.39, 0.29) is 24.3 Å². The first-order valence-electron chi connectivity index (χ1n) is 7.18. The van der Waals surface area contributed by atoms with Crippen LogP contribution in [0.25, 0.3) is 0 Å². The van der Waals surface area contributed by atoms with E-state index in [0.717, 1.165) is 12.3 Å². The third-order valence-corrected chi connectivity index (χ3v) is 3.01. The van der Waals surface area contributed by atoms with Crippen LogP contribution in [0, 0.1) is 0 Å². The largest absolute Gasteiger partial charge is 0.417 e. The van der Waals surface area contributed by atoms with Gasteiger partial charge in [-0.3, -0.25) is 14.6 Å². The molecule has 2 rings (SSSR count). The zero-order valence-corrected chi connectivity index (χ0v) is 13.1. The first kappa shape index (κ1) is 18.9. The fourth-order valence-electron chi connectivity index (χ4n) is 1.86. The smallest absolute Gasteiger partial charge is 0.364 e. The summed E-state index contributed by atoms with van der Waals surface area (Å²) < 4.78 is 38.4. The van der Waals surface area contributed by atoms with Crippen LogP contribution in [-0.4, -0.2) is 33.8 Å². The van der Waals surface area contributed by atoms with Crippen molar-refractivity contribution in [2.45, 2.75) is 12.6 Å². The fourth-order valence-corrected chi connectivity index (χ4v) is 1.86. The normalized spacial score (nSPS) is 11.5. The van der Waals surface area contributed by atoms with Crippen molar-refractivity contribution < 1.29 is 18.0 Å². The summed E-state index contributed by atoms with van der Waals surface area (Å²) in [7, 11) is 0. The van der Waals surface area contributed by atoms with Gasteiger partial charge in [-0.2, -0.15) is 18.3 Å². The second kappa shape index (κ2) is 8.09. The Morgan fingerprint density at radius 2 is 2.00 bits per heavy atom. The van der Waals surface area contributed by atoms with Crippen molar-refractivity contribution in [2.75, 3.05) is 11.9 Å². The highest BCUT2D eigenvalue weighted by Crippen LogP contribution is 2.30. The molecule has 0 bridgehead atoms. The minimum atomic E-state index is -4.53. The molecule has 2 aromatic rings. The van der Waals surface area contributed by atoms with Crippen LogP contribution in [0.5, 0.6) is 0 Å². The molecule has 12 heteroatoms. The number of alkyl halides is 3. The molecule has 9 nitrogen and oxygen atoms in total. The average Bonchev–Trinajstić information content (AvgIpc) is 2.56. The number of hydrogen-bond acceptors (Lipinski definition) is 6.